The number of hydrogen-bond donors (Lipinski definition) is 11. The molecular weight excluding hydrogens is 1890 g/mol. The normalized spacial score (nSPS) is 21.2. The summed E-state index contributed by atoms with van der Waals surface area (Å²) in [5.41, 5.74) is 30.9. The third-order valence-corrected chi connectivity index (χ3v) is 24.6. The van der Waals surface area contributed by atoms with Gasteiger partial charge in [0.25, 0.3) is 0 Å². The molecule has 0 aliphatic heterocycles. The van der Waals surface area contributed by atoms with Crippen molar-refractivity contribution in [3.8, 4) is 0 Å². The highest BCUT2D eigenvalue weighted by Gasteiger charge is 2.46. The number of ether oxygens (including phenoxy) is 7. The smallest absolute Gasteiger partial charge is 0.425 e. The van der Waals surface area contributed by atoms with E-state index in [-0.39, 0.29) is 176 Å². The summed E-state index contributed by atoms with van der Waals surface area (Å²) in [4.78, 5) is 149. The standard InChI is InChI=1S/C20H23N5O3.C15H19BrO3.C15H21N5O4.C13H17N5O3.C12H16N6O3.C12H15N5O3.8CH4.H2/c1-27-20(26)16-8-15(25-12-24-17-18(21)22-11-23-19(17)25)7-14(16)10-28-9-13-5-3-2-4-6-13;1-18-15(17)14-8-13(16)7-12(14)10-19-9-11-5-3-2-4-6-11;1-14(2,3)23-12(21)20(13(22)24-15(4,5)6)11-9-10(17-7-16-9)18-8-19-11;1-21-13(20)9-3-8(2-7(9)4-19)18-6-17-10-11(14)15-5-16-12(10)18;13-10-9-11(15-4-14-10)18(5-16-9)7-1-6(3-19)8(2-7)12(20)17-21;13-10-9-11(15-4-14-10)17(5-16-9)7-1-6(3-18)8(2-7)12(19)20;;;;;;;;;/h2-6,11-12,14-16H,7-10H2,1H3,(H2,21,22,23);2-6,12-14H,7-10H2,1H3;7-8H,1-6H3,(H,16,17,18,19);5-9,19H,2-4H2,1H3,(H2,14,15,16);4-8,19,21H,1-3H2,(H,17,20)(H2,13,14,15);4-8,18H,1-3H2,(H,19,20)(H2,13,14,15);8*1H4;1H/t14-,15-,16+;12-,13+,14+;;7-,8-,9+;2*6-,7-,8+;;;;;;;;;/m11.111........./s1. The van der Waals surface area contributed by atoms with E-state index in [0.717, 1.165) is 35.3 Å². The van der Waals surface area contributed by atoms with Crippen LogP contribution >= 0.6 is 15.9 Å². The number of fused-ring (bicyclic) bond motifs is 5. The molecule has 0 spiro atoms. The van der Waals surface area contributed by atoms with Gasteiger partial charge in [-0.05, 0) is 146 Å². The molecule has 15 N–H and O–H groups in total. The van der Waals surface area contributed by atoms with Crippen molar-refractivity contribution in [3.63, 3.8) is 0 Å². The van der Waals surface area contributed by atoms with E-state index in [9.17, 15) is 54.0 Å². The number of imide groups is 1. The van der Waals surface area contributed by atoms with Crippen LogP contribution in [0.15, 0.2) is 124 Å². The third kappa shape index (κ3) is 29.4. The second-order valence-electron chi connectivity index (χ2n) is 34.8. The Bertz CT molecular complexity index is 5820. The first-order valence-corrected chi connectivity index (χ1v) is 43.9. The van der Waals surface area contributed by atoms with Crippen molar-refractivity contribution in [1.82, 2.24) is 103 Å². The van der Waals surface area contributed by atoms with Gasteiger partial charge >= 0.3 is 36.1 Å². The van der Waals surface area contributed by atoms with Gasteiger partial charge in [-0.25, -0.2) is 89.8 Å². The molecule has 776 valence electrons. The van der Waals surface area contributed by atoms with E-state index in [1.165, 1.54) is 59.3 Å². The Morgan fingerprint density at radius 1 is 0.433 bits per heavy atom. The van der Waals surface area contributed by atoms with Gasteiger partial charge in [-0.3, -0.25) is 29.2 Å². The zero-order valence-electron chi connectivity index (χ0n) is 74.8. The van der Waals surface area contributed by atoms with Crippen LogP contribution in [0.5, 0.6) is 0 Å². The second-order valence-corrected chi connectivity index (χ2v) is 36.1. The number of rotatable bonds is 21. The summed E-state index contributed by atoms with van der Waals surface area (Å²) in [6.07, 6.45) is 19.6. The van der Waals surface area contributed by atoms with E-state index in [4.69, 9.17) is 61.3 Å². The Morgan fingerprint density at radius 2 is 0.752 bits per heavy atom. The monoisotopic (exact) mass is 2030 g/mol. The highest BCUT2D eigenvalue weighted by molar-refractivity contribution is 9.09. The molecular formula is C95H145BrN26O19. The number of hydroxylamine groups is 1. The number of amides is 3. The van der Waals surface area contributed by atoms with Gasteiger partial charge in [0.15, 0.2) is 57.3 Å². The van der Waals surface area contributed by atoms with E-state index in [2.05, 4.69) is 95.7 Å². The van der Waals surface area contributed by atoms with E-state index < -0.39 is 47.1 Å². The Hall–Kier alpha value is -13.3. The number of halogens is 1. The van der Waals surface area contributed by atoms with Crippen LogP contribution in [0.3, 0.4) is 0 Å². The number of anilines is 5. The zero-order valence-corrected chi connectivity index (χ0v) is 76.4. The largest absolute Gasteiger partial charge is 0.481 e. The van der Waals surface area contributed by atoms with Crippen LogP contribution in [-0.4, -0.2) is 236 Å². The number of esters is 3. The van der Waals surface area contributed by atoms with Crippen molar-refractivity contribution in [2.24, 2.45) is 59.2 Å². The third-order valence-electron chi connectivity index (χ3n) is 23.9. The predicted octanol–water partition coefficient (Wildman–Crippen LogP) is 13.6. The minimum atomic E-state index is -0.897. The molecule has 5 fully saturated rings. The molecule has 15 atom stereocenters. The van der Waals surface area contributed by atoms with Gasteiger partial charge in [-0.15, -0.1) is 0 Å². The molecule has 10 aromatic heterocycles. The lowest BCUT2D eigenvalue weighted by atomic mass is 9.96. The summed E-state index contributed by atoms with van der Waals surface area (Å²) in [6.45, 7) is 12.1. The molecule has 0 radical (unpaired) electrons. The molecule has 10 heterocycles. The number of aliphatic hydroxyl groups excluding tert-OH is 3. The van der Waals surface area contributed by atoms with Gasteiger partial charge in [0.05, 0.1) is 103 Å². The molecule has 45 nitrogen and oxygen atoms in total. The number of imidazole rings is 5. The summed E-state index contributed by atoms with van der Waals surface area (Å²) >= 11 is 3.59. The number of aromatic amines is 1. The van der Waals surface area contributed by atoms with Crippen LogP contribution in [0.25, 0.3) is 55.8 Å². The molecule has 5 aliphatic rings. The number of alkyl halides is 1. The highest BCUT2D eigenvalue weighted by Crippen LogP contribution is 2.46. The molecule has 5 aliphatic carbocycles. The number of carbonyl (C=O) groups is 7. The fourth-order valence-corrected chi connectivity index (χ4v) is 18.4. The van der Waals surface area contributed by atoms with Crippen LogP contribution in [-0.2, 0) is 70.3 Å². The highest BCUT2D eigenvalue weighted by atomic mass is 79.9. The van der Waals surface area contributed by atoms with E-state index in [0.29, 0.717) is 155 Å². The average Bonchev–Trinajstić information content (AvgIpc) is 1.64. The molecule has 0 saturated heterocycles. The maximum atomic E-state index is 12.6. The molecule has 12 aromatic rings. The first-order chi connectivity index (χ1) is 63.8. The molecule has 5 saturated carbocycles. The van der Waals surface area contributed by atoms with Crippen LogP contribution < -0.4 is 33.3 Å². The van der Waals surface area contributed by atoms with Crippen LogP contribution in [0.1, 0.15) is 202 Å². The number of carboxylic acid groups (broad SMARTS) is 1. The number of nitrogens with one attached hydrogen (secondary N) is 2. The number of nitrogen functional groups attached to an aromatic ring is 4. The molecule has 0 unspecified atom stereocenters. The Balaban J connectivity index is 0.000000434. The second kappa shape index (κ2) is 54.5. The number of methoxy groups -OCH3 is 3. The molecule has 46 heteroatoms. The molecule has 141 heavy (non-hydrogen) atoms. The summed E-state index contributed by atoms with van der Waals surface area (Å²) in [7, 11) is 4.24. The lowest BCUT2D eigenvalue weighted by molar-refractivity contribution is -0.148. The van der Waals surface area contributed by atoms with Crippen LogP contribution in [0, 0.1) is 59.2 Å². The van der Waals surface area contributed by atoms with Crippen molar-refractivity contribution in [2.45, 2.75) is 219 Å². The predicted molar refractivity (Wildman–Crippen MR) is 539 cm³/mol. The maximum absolute atomic E-state index is 12.6. The number of aromatic nitrogens is 20. The first-order valence-electron chi connectivity index (χ1n) is 43.0. The van der Waals surface area contributed by atoms with Crippen LogP contribution in [0.2, 0.25) is 0 Å². The molecule has 0 bridgehead atoms. The minimum absolute atomic E-state index is 0. The summed E-state index contributed by atoms with van der Waals surface area (Å²) < 4.78 is 44.6. The Morgan fingerprint density at radius 3 is 1.09 bits per heavy atom. The molecule has 3 amide bonds. The molecule has 2 aromatic carbocycles. The van der Waals surface area contributed by atoms with Crippen LogP contribution in [0.4, 0.5) is 38.7 Å². The number of hydrogen-bond acceptors (Lipinski definition) is 37. The van der Waals surface area contributed by atoms with Crippen molar-refractivity contribution >= 4 is 143 Å². The maximum Gasteiger partial charge on any atom is 0.425 e. The number of carboxylic acids is 1. The van der Waals surface area contributed by atoms with Crippen molar-refractivity contribution in [3.05, 3.63) is 135 Å². The van der Waals surface area contributed by atoms with Gasteiger partial charge in [0.1, 0.15) is 70.4 Å². The number of H-pyrrole nitrogens is 1. The van der Waals surface area contributed by atoms with E-state index >= 15 is 0 Å². The van der Waals surface area contributed by atoms with Gasteiger partial charge < -0.3 is 99.8 Å². The number of aliphatic hydroxyl groups is 3. The number of nitrogens with two attached hydrogens (primary N) is 4. The lowest BCUT2D eigenvalue weighted by Gasteiger charge is -2.28. The Kier molecular flexibility index (Phi) is 46.4. The van der Waals surface area contributed by atoms with Gasteiger partial charge in [0, 0.05) is 56.2 Å². The average molecular weight is 2040 g/mol. The quantitative estimate of drug-likeness (QED) is 0.0105. The molecule has 17 rings (SSSR count). The summed E-state index contributed by atoms with van der Waals surface area (Å²) in [5.74, 6) is -2.42. The van der Waals surface area contributed by atoms with Gasteiger partial charge in [-0.2, -0.15) is 4.90 Å². The van der Waals surface area contributed by atoms with Crippen molar-refractivity contribution in [2.75, 3.05) is 82.2 Å². The van der Waals surface area contributed by atoms with Gasteiger partial charge in [0.2, 0.25) is 5.91 Å². The van der Waals surface area contributed by atoms with Gasteiger partial charge in [-0.1, -0.05) is 136 Å². The number of aliphatic carboxylic acids is 1. The SMILES string of the molecule is C.C.C.C.C.C.C.C.CC(C)(C)OC(=O)N(C(=O)OC(C)(C)C)c1ncnc2nc[nH]c12.COC(=O)[C@H]1C[C@@H](Br)C[C@@H]1COCc1ccccc1.COC(=O)[C@H]1C[C@H](n2cnc3c(N)ncnc32)C[C@@H]1CO.COC(=O)[C@H]1C[C@H](n2cnc3c(N)ncnc32)C[C@@H]1COCc1ccccc1.Nc1ncnc2c1ncn2[C@@H]1C[C@H](CO)[C@@H](C(=O)NO)C1.Nc1ncnc2c1ncn2[C@@H]1C[C@H](CO)[C@@H](C(=O)O)C1.[HH]. The minimum Gasteiger partial charge on any atom is -0.481 e. The number of benzene rings is 2. The Labute approximate surface area is 830 Å². The van der Waals surface area contributed by atoms with Crippen molar-refractivity contribution < 1.29 is 93.8 Å². The number of carbonyl (C=O) groups excluding carboxylic acids is 6. The summed E-state index contributed by atoms with van der Waals surface area (Å²) in [5, 5.41) is 46.2. The fourth-order valence-electron chi connectivity index (χ4n) is 17.5. The zero-order chi connectivity index (χ0) is 95.5. The fraction of sp³-hybridized carbons (Fsp3) is 0.537. The van der Waals surface area contributed by atoms with E-state index in [1.807, 2.05) is 78.9 Å². The topological polar surface area (TPSA) is 633 Å². The number of nitrogens with zero attached hydrogens (tertiary/aromatic N) is 20. The van der Waals surface area contributed by atoms with E-state index in [1.54, 1.807) is 72.3 Å². The lowest BCUT2D eigenvalue weighted by Crippen LogP contribution is -2.44. The van der Waals surface area contributed by atoms with Crippen molar-refractivity contribution in [1.29, 1.82) is 0 Å². The first kappa shape index (κ1) is 120. The summed E-state index contributed by atoms with van der Waals surface area (Å²) in [6, 6.07) is 20.1.